The van der Waals surface area contributed by atoms with Crippen molar-refractivity contribution >= 4 is 11.7 Å². The second-order valence-electron chi connectivity index (χ2n) is 2.60. The first-order valence-electron chi connectivity index (χ1n) is 3.46. The van der Waals surface area contributed by atoms with Crippen molar-refractivity contribution in [2.75, 3.05) is 5.73 Å². The van der Waals surface area contributed by atoms with E-state index in [0.717, 1.165) is 6.07 Å². The Labute approximate surface area is 73.4 Å². The van der Waals surface area contributed by atoms with Gasteiger partial charge in [-0.25, -0.2) is 9.18 Å². The lowest BCUT2D eigenvalue weighted by molar-refractivity contribution is 0.0692. The Kier molecular flexibility index (Phi) is 2.10. The van der Waals surface area contributed by atoms with E-state index in [1.54, 1.807) is 0 Å². The molecule has 0 unspecified atom stereocenters. The first-order valence-corrected chi connectivity index (χ1v) is 3.46. The van der Waals surface area contributed by atoms with Crippen LogP contribution in [-0.4, -0.2) is 16.2 Å². The Morgan fingerprint density at radius 2 is 2.15 bits per heavy atom. The van der Waals surface area contributed by atoms with Crippen LogP contribution in [0.25, 0.3) is 0 Å². The summed E-state index contributed by atoms with van der Waals surface area (Å²) in [5.74, 6) is -3.30. The number of carbonyl (C=O) groups is 1. The third-order valence-electron chi connectivity index (χ3n) is 1.77. The topological polar surface area (TPSA) is 83.5 Å². The van der Waals surface area contributed by atoms with Gasteiger partial charge in [-0.3, -0.25) is 0 Å². The summed E-state index contributed by atoms with van der Waals surface area (Å²) < 4.78 is 12.8. The molecule has 0 bridgehead atoms. The summed E-state index contributed by atoms with van der Waals surface area (Å²) in [5, 5.41) is 17.7. The first-order chi connectivity index (χ1) is 5.95. The number of carboxylic acid groups (broad SMARTS) is 1. The first kappa shape index (κ1) is 9.31. The highest BCUT2D eigenvalue weighted by Gasteiger charge is 2.18. The van der Waals surface area contributed by atoms with Gasteiger partial charge in [0.15, 0.2) is 11.6 Å². The van der Waals surface area contributed by atoms with E-state index in [9.17, 15) is 9.18 Å². The van der Waals surface area contributed by atoms with Crippen LogP contribution in [0.1, 0.15) is 15.9 Å². The quantitative estimate of drug-likeness (QED) is 0.452. The van der Waals surface area contributed by atoms with Crippen LogP contribution in [0.3, 0.4) is 0 Å². The van der Waals surface area contributed by atoms with Gasteiger partial charge in [0.25, 0.3) is 0 Å². The molecule has 0 fully saturated rings. The number of halogens is 1. The fourth-order valence-corrected chi connectivity index (χ4v) is 1.02. The predicted octanol–water partition coefficient (Wildman–Crippen LogP) is 1.12. The van der Waals surface area contributed by atoms with Crippen molar-refractivity contribution in [3.63, 3.8) is 0 Å². The lowest BCUT2D eigenvalue weighted by Crippen LogP contribution is -2.04. The third-order valence-corrected chi connectivity index (χ3v) is 1.77. The molecule has 4 N–H and O–H groups in total. The molecule has 1 aromatic carbocycles. The Morgan fingerprint density at radius 3 is 2.62 bits per heavy atom. The normalized spacial score (nSPS) is 10.0. The number of aromatic carboxylic acids is 1. The van der Waals surface area contributed by atoms with Crippen molar-refractivity contribution in [2.45, 2.75) is 6.92 Å². The van der Waals surface area contributed by atoms with Crippen LogP contribution in [0.15, 0.2) is 6.07 Å². The maximum Gasteiger partial charge on any atom is 0.339 e. The van der Waals surface area contributed by atoms with E-state index in [-0.39, 0.29) is 11.3 Å². The predicted molar refractivity (Wildman–Crippen MR) is 44.2 cm³/mol. The molecule has 0 atom stereocenters. The van der Waals surface area contributed by atoms with Gasteiger partial charge in [0.05, 0.1) is 0 Å². The third kappa shape index (κ3) is 1.40. The van der Waals surface area contributed by atoms with E-state index in [1.807, 2.05) is 0 Å². The summed E-state index contributed by atoms with van der Waals surface area (Å²) in [6.45, 7) is 1.40. The van der Waals surface area contributed by atoms with E-state index in [4.69, 9.17) is 15.9 Å². The van der Waals surface area contributed by atoms with Crippen molar-refractivity contribution in [1.29, 1.82) is 0 Å². The van der Waals surface area contributed by atoms with Gasteiger partial charge < -0.3 is 15.9 Å². The monoisotopic (exact) mass is 185 g/mol. The van der Waals surface area contributed by atoms with Crippen LogP contribution in [0, 0.1) is 12.7 Å². The highest BCUT2D eigenvalue weighted by atomic mass is 19.1. The van der Waals surface area contributed by atoms with Crippen molar-refractivity contribution in [3.8, 4) is 5.75 Å². The van der Waals surface area contributed by atoms with Crippen LogP contribution in [0.5, 0.6) is 5.75 Å². The lowest BCUT2D eigenvalue weighted by atomic mass is 10.1. The summed E-state index contributed by atoms with van der Waals surface area (Å²) in [7, 11) is 0. The maximum atomic E-state index is 12.8. The SMILES string of the molecule is Cc1c(N)cc(F)c(O)c1C(=O)O. The average molecular weight is 185 g/mol. The number of carboxylic acids is 1. The molecule has 5 heteroatoms. The maximum absolute atomic E-state index is 12.8. The second kappa shape index (κ2) is 2.93. The molecule has 1 rings (SSSR count). The Morgan fingerprint density at radius 1 is 1.62 bits per heavy atom. The summed E-state index contributed by atoms with van der Waals surface area (Å²) in [6, 6.07) is 0.886. The number of hydrogen-bond donors (Lipinski definition) is 3. The van der Waals surface area contributed by atoms with E-state index < -0.39 is 23.1 Å². The highest BCUT2D eigenvalue weighted by Crippen LogP contribution is 2.28. The van der Waals surface area contributed by atoms with Gasteiger partial charge in [-0.15, -0.1) is 0 Å². The largest absolute Gasteiger partial charge is 0.504 e. The summed E-state index contributed by atoms with van der Waals surface area (Å²) in [4.78, 5) is 10.6. The van der Waals surface area contributed by atoms with Gasteiger partial charge in [0.1, 0.15) is 5.56 Å². The van der Waals surface area contributed by atoms with Gasteiger partial charge in [-0.1, -0.05) is 0 Å². The Bertz CT molecular complexity index is 350. The van der Waals surface area contributed by atoms with Crippen molar-refractivity contribution in [3.05, 3.63) is 23.0 Å². The van der Waals surface area contributed by atoms with Crippen LogP contribution < -0.4 is 5.73 Å². The van der Waals surface area contributed by atoms with Crippen LogP contribution in [0.4, 0.5) is 10.1 Å². The molecule has 0 saturated heterocycles. The molecule has 0 saturated carbocycles. The minimum Gasteiger partial charge on any atom is -0.504 e. The molecule has 70 valence electrons. The highest BCUT2D eigenvalue weighted by molar-refractivity contribution is 5.94. The Balaban J connectivity index is 3.56. The van der Waals surface area contributed by atoms with E-state index >= 15 is 0 Å². The van der Waals surface area contributed by atoms with Crippen LogP contribution in [-0.2, 0) is 0 Å². The second-order valence-corrected chi connectivity index (χ2v) is 2.60. The molecule has 0 aliphatic carbocycles. The fraction of sp³-hybridized carbons (Fsp3) is 0.125. The van der Waals surface area contributed by atoms with Crippen molar-refractivity contribution < 1.29 is 19.4 Å². The summed E-state index contributed by atoms with van der Waals surface area (Å²) in [5.41, 5.74) is 4.99. The number of aromatic hydroxyl groups is 1. The van der Waals surface area contributed by atoms with Crippen LogP contribution >= 0.6 is 0 Å². The van der Waals surface area contributed by atoms with E-state index in [0.29, 0.717) is 0 Å². The van der Waals surface area contributed by atoms with E-state index in [1.165, 1.54) is 6.92 Å². The molecular weight excluding hydrogens is 177 g/mol. The molecule has 0 aromatic heterocycles. The molecule has 0 aliphatic heterocycles. The molecule has 0 aliphatic rings. The number of nitrogen functional groups attached to an aromatic ring is 1. The molecule has 0 heterocycles. The van der Waals surface area contributed by atoms with Gasteiger partial charge in [0.2, 0.25) is 0 Å². The number of anilines is 1. The van der Waals surface area contributed by atoms with E-state index in [2.05, 4.69) is 0 Å². The lowest BCUT2D eigenvalue weighted by Gasteiger charge is -2.07. The minimum absolute atomic E-state index is 0.00713. The van der Waals surface area contributed by atoms with Gasteiger partial charge in [-0.2, -0.15) is 0 Å². The molecule has 13 heavy (non-hydrogen) atoms. The van der Waals surface area contributed by atoms with Gasteiger partial charge >= 0.3 is 5.97 Å². The number of nitrogens with two attached hydrogens (primary N) is 1. The zero-order chi connectivity index (χ0) is 10.2. The number of phenols is 1. The zero-order valence-electron chi connectivity index (χ0n) is 6.84. The number of benzene rings is 1. The zero-order valence-corrected chi connectivity index (χ0v) is 6.84. The smallest absolute Gasteiger partial charge is 0.339 e. The van der Waals surface area contributed by atoms with Crippen molar-refractivity contribution in [2.24, 2.45) is 0 Å². The van der Waals surface area contributed by atoms with Gasteiger partial charge in [0, 0.05) is 11.8 Å². The summed E-state index contributed by atoms with van der Waals surface area (Å²) >= 11 is 0. The summed E-state index contributed by atoms with van der Waals surface area (Å²) in [6.07, 6.45) is 0. The molecule has 0 amide bonds. The number of hydrogen-bond acceptors (Lipinski definition) is 3. The molecule has 1 aromatic rings. The molecule has 0 spiro atoms. The molecule has 4 nitrogen and oxygen atoms in total. The standard InChI is InChI=1S/C8H8FNO3/c1-3-5(10)2-4(9)7(11)6(3)8(12)13/h2,11H,10H2,1H3,(H,12,13). The molecular formula is C8H8FNO3. The fourth-order valence-electron chi connectivity index (χ4n) is 1.02. The average Bonchev–Trinajstić information content (AvgIpc) is 2.01. The number of rotatable bonds is 1. The van der Waals surface area contributed by atoms with Crippen LogP contribution in [0.2, 0.25) is 0 Å². The minimum atomic E-state index is -1.40. The van der Waals surface area contributed by atoms with Gasteiger partial charge in [-0.05, 0) is 12.5 Å². The Hall–Kier alpha value is -1.78. The molecule has 0 radical (unpaired) electrons. The van der Waals surface area contributed by atoms with Crippen molar-refractivity contribution in [1.82, 2.24) is 0 Å².